The van der Waals surface area contributed by atoms with Crippen LogP contribution in [0.25, 0.3) is 0 Å². The van der Waals surface area contributed by atoms with E-state index >= 15 is 0 Å². The van der Waals surface area contributed by atoms with Gasteiger partial charge in [0.25, 0.3) is 0 Å². The van der Waals surface area contributed by atoms with Gasteiger partial charge < -0.3 is 15.2 Å². The Labute approximate surface area is 122 Å². The second-order valence-electron chi connectivity index (χ2n) is 4.30. The van der Waals surface area contributed by atoms with Gasteiger partial charge in [0.2, 0.25) is 0 Å². The minimum absolute atomic E-state index is 0.0823. The van der Waals surface area contributed by atoms with Crippen LogP contribution < -0.4 is 10.1 Å². The molecular weight excluding hydrogens is 268 g/mol. The van der Waals surface area contributed by atoms with E-state index in [4.69, 9.17) is 15.1 Å². The van der Waals surface area contributed by atoms with Gasteiger partial charge >= 0.3 is 5.97 Å². The van der Waals surface area contributed by atoms with Gasteiger partial charge in [-0.2, -0.15) is 5.26 Å². The number of para-hydroxylation sites is 1. The first kappa shape index (κ1) is 14.4. The van der Waals surface area contributed by atoms with Crippen molar-refractivity contribution in [3.05, 3.63) is 65.6 Å². The summed E-state index contributed by atoms with van der Waals surface area (Å²) < 4.78 is 5.71. The fourth-order valence-electron chi connectivity index (χ4n) is 1.86. The fourth-order valence-corrected chi connectivity index (χ4v) is 1.86. The van der Waals surface area contributed by atoms with E-state index in [-0.39, 0.29) is 17.2 Å². The highest BCUT2D eigenvalue weighted by molar-refractivity contribution is 5.90. The summed E-state index contributed by atoms with van der Waals surface area (Å²) in [6.07, 6.45) is 6.84. The van der Waals surface area contributed by atoms with Gasteiger partial charge in [0.15, 0.2) is 0 Å². The summed E-state index contributed by atoms with van der Waals surface area (Å²) in [6, 6.07) is 8.54. The van der Waals surface area contributed by atoms with Crippen molar-refractivity contribution < 1.29 is 14.6 Å². The summed E-state index contributed by atoms with van der Waals surface area (Å²) in [5.74, 6) is -0.689. The monoisotopic (exact) mass is 282 g/mol. The maximum atomic E-state index is 11.2. The Bertz CT molecular complexity index is 681. The number of hydrogen-bond donors (Lipinski definition) is 2. The van der Waals surface area contributed by atoms with Crippen LogP contribution in [0.5, 0.6) is 5.75 Å². The molecule has 106 valence electrons. The molecule has 1 aromatic rings. The van der Waals surface area contributed by atoms with E-state index in [0.717, 1.165) is 0 Å². The Morgan fingerprint density at radius 1 is 1.33 bits per heavy atom. The van der Waals surface area contributed by atoms with E-state index in [1.165, 1.54) is 6.07 Å². The minimum atomic E-state index is -1.06. The summed E-state index contributed by atoms with van der Waals surface area (Å²) >= 11 is 0. The van der Waals surface area contributed by atoms with Crippen molar-refractivity contribution in [2.24, 2.45) is 5.92 Å². The quantitative estimate of drug-likeness (QED) is 0.886. The Balaban J connectivity index is 2.38. The molecule has 1 unspecified atom stereocenters. The molecule has 2 rings (SSSR count). The summed E-state index contributed by atoms with van der Waals surface area (Å²) in [4.78, 5) is 11.2. The molecule has 0 amide bonds. The number of carbonyl (C=O) groups is 1. The lowest BCUT2D eigenvalue weighted by Crippen LogP contribution is -2.10. The Hall–Kier alpha value is -3.00. The number of carboxylic acids is 1. The number of rotatable bonds is 4. The number of allylic oxidation sites excluding steroid dienone is 4. The van der Waals surface area contributed by atoms with Crippen molar-refractivity contribution in [1.29, 1.82) is 5.26 Å². The van der Waals surface area contributed by atoms with Crippen LogP contribution in [0.1, 0.15) is 10.4 Å². The Morgan fingerprint density at radius 2 is 2.05 bits per heavy atom. The van der Waals surface area contributed by atoms with Crippen LogP contribution in [0.3, 0.4) is 0 Å². The van der Waals surface area contributed by atoms with Crippen molar-refractivity contribution in [2.45, 2.75) is 0 Å². The second-order valence-corrected chi connectivity index (χ2v) is 4.30. The average Bonchev–Trinajstić information content (AvgIpc) is 2.69. The van der Waals surface area contributed by atoms with Crippen molar-refractivity contribution in [3.8, 4) is 11.8 Å². The van der Waals surface area contributed by atoms with Gasteiger partial charge in [-0.05, 0) is 24.3 Å². The highest BCUT2D eigenvalue weighted by Gasteiger charge is 2.14. The van der Waals surface area contributed by atoms with Crippen molar-refractivity contribution in [2.75, 3.05) is 7.05 Å². The number of aromatic carboxylic acids is 1. The van der Waals surface area contributed by atoms with Crippen LogP contribution >= 0.6 is 0 Å². The maximum absolute atomic E-state index is 11.2. The van der Waals surface area contributed by atoms with Gasteiger partial charge in [0.05, 0.1) is 17.7 Å². The number of carboxylic acid groups (broad SMARTS) is 1. The standard InChI is InChI=1S/C16H14N2O3/c1-18-13-8-6-11(10-17)7-9-15(13)21-14-5-3-2-4-12(14)16(19)20/h2-9,11,18H,1H3,(H,19,20). The van der Waals surface area contributed by atoms with Gasteiger partial charge in [0, 0.05) is 7.05 Å². The first-order valence-corrected chi connectivity index (χ1v) is 6.34. The predicted molar refractivity (Wildman–Crippen MR) is 77.5 cm³/mol. The number of nitriles is 1. The molecule has 1 aliphatic rings. The molecule has 5 heteroatoms. The van der Waals surface area contributed by atoms with E-state index in [1.807, 2.05) is 0 Å². The highest BCUT2D eigenvalue weighted by Crippen LogP contribution is 2.23. The molecule has 2 N–H and O–H groups in total. The molecule has 0 saturated carbocycles. The van der Waals surface area contributed by atoms with Crippen LogP contribution in [0.2, 0.25) is 0 Å². The number of likely N-dealkylation sites (N-methyl/N-ethyl adjacent to an activating group) is 1. The molecule has 0 fully saturated rings. The van der Waals surface area contributed by atoms with Gasteiger partial charge in [-0.1, -0.05) is 24.3 Å². The predicted octanol–water partition coefficient (Wildman–Crippen LogP) is 2.46. The van der Waals surface area contributed by atoms with E-state index in [2.05, 4.69) is 11.4 Å². The molecule has 0 heterocycles. The normalized spacial score (nSPS) is 17.0. The summed E-state index contributed by atoms with van der Waals surface area (Å²) in [7, 11) is 1.73. The summed E-state index contributed by atoms with van der Waals surface area (Å²) in [5.41, 5.74) is 0.753. The number of benzene rings is 1. The lowest BCUT2D eigenvalue weighted by molar-refractivity contribution is 0.0694. The Morgan fingerprint density at radius 3 is 2.71 bits per heavy atom. The van der Waals surface area contributed by atoms with Crippen LogP contribution in [0.15, 0.2) is 60.0 Å². The van der Waals surface area contributed by atoms with Crippen LogP contribution in [-0.4, -0.2) is 18.1 Å². The molecule has 0 radical (unpaired) electrons. The first-order chi connectivity index (χ1) is 10.2. The third-order valence-electron chi connectivity index (χ3n) is 2.95. The maximum Gasteiger partial charge on any atom is 0.339 e. The van der Waals surface area contributed by atoms with Crippen LogP contribution in [0, 0.1) is 17.2 Å². The van der Waals surface area contributed by atoms with Gasteiger partial charge in [0.1, 0.15) is 17.1 Å². The number of hydrogen-bond acceptors (Lipinski definition) is 4. The molecule has 0 saturated heterocycles. The van der Waals surface area contributed by atoms with Crippen molar-refractivity contribution in [1.82, 2.24) is 5.32 Å². The van der Waals surface area contributed by atoms with E-state index in [0.29, 0.717) is 11.5 Å². The highest BCUT2D eigenvalue weighted by atomic mass is 16.5. The lowest BCUT2D eigenvalue weighted by atomic mass is 10.1. The van der Waals surface area contributed by atoms with Gasteiger partial charge in [-0.25, -0.2) is 4.79 Å². The molecule has 1 aliphatic carbocycles. The second kappa shape index (κ2) is 6.44. The molecule has 0 spiro atoms. The van der Waals surface area contributed by atoms with Crippen LogP contribution in [0.4, 0.5) is 0 Å². The van der Waals surface area contributed by atoms with Gasteiger partial charge in [-0.3, -0.25) is 0 Å². The largest absolute Gasteiger partial charge is 0.478 e. The zero-order chi connectivity index (χ0) is 15.2. The van der Waals surface area contributed by atoms with Gasteiger partial charge in [-0.15, -0.1) is 0 Å². The number of nitrogens with one attached hydrogen (secondary N) is 1. The lowest BCUT2D eigenvalue weighted by Gasteiger charge is -2.12. The number of ether oxygens (including phenoxy) is 1. The SMILES string of the molecule is CNC1=C(Oc2ccccc2C(=O)O)C=CC(C#N)C=C1. The number of nitrogens with zero attached hydrogens (tertiary/aromatic N) is 1. The van der Waals surface area contributed by atoms with E-state index < -0.39 is 5.97 Å². The summed E-state index contributed by atoms with van der Waals surface area (Å²) in [5, 5.41) is 21.1. The third kappa shape index (κ3) is 3.31. The fraction of sp³-hybridized carbons (Fsp3) is 0.125. The van der Waals surface area contributed by atoms with Crippen molar-refractivity contribution in [3.63, 3.8) is 0 Å². The molecule has 21 heavy (non-hydrogen) atoms. The molecule has 1 aromatic carbocycles. The topological polar surface area (TPSA) is 82.3 Å². The third-order valence-corrected chi connectivity index (χ3v) is 2.95. The zero-order valence-corrected chi connectivity index (χ0v) is 11.4. The smallest absolute Gasteiger partial charge is 0.339 e. The van der Waals surface area contributed by atoms with E-state index in [1.54, 1.807) is 49.6 Å². The van der Waals surface area contributed by atoms with E-state index in [9.17, 15) is 4.79 Å². The van der Waals surface area contributed by atoms with Crippen LogP contribution in [-0.2, 0) is 0 Å². The molecule has 5 nitrogen and oxygen atoms in total. The van der Waals surface area contributed by atoms with Crippen molar-refractivity contribution >= 4 is 5.97 Å². The summed E-state index contributed by atoms with van der Waals surface area (Å²) in [6.45, 7) is 0. The first-order valence-electron chi connectivity index (χ1n) is 6.34. The molecule has 0 aromatic heterocycles. The molecular formula is C16H14N2O3. The molecule has 0 aliphatic heterocycles. The minimum Gasteiger partial charge on any atom is -0.478 e. The Kier molecular flexibility index (Phi) is 4.42. The zero-order valence-electron chi connectivity index (χ0n) is 11.4. The molecule has 1 atom stereocenters. The average molecular weight is 282 g/mol. The molecule has 0 bridgehead atoms.